The van der Waals surface area contributed by atoms with Gasteiger partial charge in [0.2, 0.25) is 5.91 Å². The van der Waals surface area contributed by atoms with Crippen LogP contribution in [0, 0.1) is 5.92 Å². The molecule has 1 fully saturated rings. The van der Waals surface area contributed by atoms with Crippen LogP contribution in [0.1, 0.15) is 31.2 Å². The molecule has 0 bridgehead atoms. The van der Waals surface area contributed by atoms with Crippen LogP contribution in [0.5, 0.6) is 0 Å². The van der Waals surface area contributed by atoms with Crippen molar-refractivity contribution in [1.82, 2.24) is 0 Å². The predicted molar refractivity (Wildman–Crippen MR) is 64.7 cm³/mol. The molecule has 0 aromatic heterocycles. The Morgan fingerprint density at radius 1 is 1.35 bits per heavy atom. The molecule has 1 saturated carbocycles. The highest BCUT2D eigenvalue weighted by Crippen LogP contribution is 2.54. The molecule has 0 saturated heterocycles. The highest BCUT2D eigenvalue weighted by atomic mass is 19.1. The van der Waals surface area contributed by atoms with Crippen molar-refractivity contribution in [2.75, 3.05) is 12.0 Å². The molecule has 1 aromatic rings. The average Bonchev–Trinajstić information content (AvgIpc) is 2.57. The molecule has 1 spiro atoms. The first-order valence-electron chi connectivity index (χ1n) is 6.23. The fraction of sp³-hybridized carbons (Fsp3) is 0.500. The molecule has 1 N–H and O–H groups in total. The van der Waals surface area contributed by atoms with Gasteiger partial charge >= 0.3 is 0 Å². The summed E-state index contributed by atoms with van der Waals surface area (Å²) in [5.74, 6) is 0.651. The zero-order chi connectivity index (χ0) is 11.9. The van der Waals surface area contributed by atoms with Crippen molar-refractivity contribution >= 4 is 11.6 Å². The number of rotatable bonds is 3. The minimum absolute atomic E-state index is 0.134. The van der Waals surface area contributed by atoms with Gasteiger partial charge in [0, 0.05) is 5.69 Å². The number of para-hydroxylation sites is 1. The minimum Gasteiger partial charge on any atom is -0.325 e. The number of amides is 1. The number of carbonyl (C=O) groups excluding carboxylic acids is 1. The van der Waals surface area contributed by atoms with E-state index in [1.165, 1.54) is 0 Å². The van der Waals surface area contributed by atoms with Gasteiger partial charge in [-0.1, -0.05) is 18.2 Å². The van der Waals surface area contributed by atoms with Crippen LogP contribution < -0.4 is 5.32 Å². The van der Waals surface area contributed by atoms with Crippen LogP contribution in [0.25, 0.3) is 0 Å². The van der Waals surface area contributed by atoms with Gasteiger partial charge in [0.05, 0.1) is 12.1 Å². The van der Waals surface area contributed by atoms with Gasteiger partial charge < -0.3 is 5.32 Å². The average molecular weight is 233 g/mol. The van der Waals surface area contributed by atoms with E-state index >= 15 is 0 Å². The first-order chi connectivity index (χ1) is 8.26. The predicted octanol–water partition coefficient (Wildman–Crippen LogP) is 3.04. The van der Waals surface area contributed by atoms with E-state index in [0.29, 0.717) is 12.3 Å². The Hall–Kier alpha value is -1.38. The van der Waals surface area contributed by atoms with Crippen molar-refractivity contribution in [3.05, 3.63) is 29.8 Å². The molecule has 1 aliphatic carbocycles. The van der Waals surface area contributed by atoms with Crippen molar-refractivity contribution in [3.63, 3.8) is 0 Å². The second-order valence-electron chi connectivity index (χ2n) is 5.19. The van der Waals surface area contributed by atoms with E-state index in [9.17, 15) is 9.18 Å². The van der Waals surface area contributed by atoms with Crippen LogP contribution in [0.4, 0.5) is 10.1 Å². The fourth-order valence-electron chi connectivity index (χ4n) is 3.27. The van der Waals surface area contributed by atoms with Gasteiger partial charge in [0.1, 0.15) is 0 Å². The molecule has 1 amide bonds. The highest BCUT2D eigenvalue weighted by molar-refractivity contribution is 6.06. The normalized spacial score (nSPS) is 29.9. The number of hydrogen-bond donors (Lipinski definition) is 1. The topological polar surface area (TPSA) is 29.1 Å². The maximum atomic E-state index is 12.1. The molecule has 1 aliphatic heterocycles. The number of alkyl halides is 1. The Labute approximate surface area is 100 Å². The summed E-state index contributed by atoms with van der Waals surface area (Å²) < 4.78 is 12.1. The van der Waals surface area contributed by atoms with Gasteiger partial charge in [-0.3, -0.25) is 9.18 Å². The van der Waals surface area contributed by atoms with E-state index in [-0.39, 0.29) is 18.0 Å². The van der Waals surface area contributed by atoms with Gasteiger partial charge in [0.25, 0.3) is 0 Å². The lowest BCUT2D eigenvalue weighted by atomic mass is 9.58. The summed E-state index contributed by atoms with van der Waals surface area (Å²) in [6, 6.07) is 7.92. The lowest BCUT2D eigenvalue weighted by Crippen LogP contribution is -2.46. The number of fused-ring (bicyclic) bond motifs is 2. The second-order valence-corrected chi connectivity index (χ2v) is 5.19. The molecule has 0 unspecified atom stereocenters. The number of hydrogen-bond acceptors (Lipinski definition) is 1. The van der Waals surface area contributed by atoms with Crippen molar-refractivity contribution in [3.8, 4) is 0 Å². The maximum absolute atomic E-state index is 12.1. The summed E-state index contributed by atoms with van der Waals surface area (Å²) in [5.41, 5.74) is 1.81. The van der Waals surface area contributed by atoms with Gasteiger partial charge in [-0.2, -0.15) is 0 Å². The zero-order valence-corrected chi connectivity index (χ0v) is 9.71. The van der Waals surface area contributed by atoms with E-state index in [1.54, 1.807) is 0 Å². The summed E-state index contributed by atoms with van der Waals surface area (Å²) in [5, 5.41) is 2.95. The molecule has 2 nitrogen and oxygen atoms in total. The largest absolute Gasteiger partial charge is 0.325 e. The lowest BCUT2D eigenvalue weighted by Gasteiger charge is -2.43. The van der Waals surface area contributed by atoms with E-state index in [0.717, 1.165) is 30.5 Å². The maximum Gasteiger partial charge on any atom is 0.235 e. The quantitative estimate of drug-likeness (QED) is 0.854. The Kier molecular flexibility index (Phi) is 2.42. The second kappa shape index (κ2) is 3.83. The van der Waals surface area contributed by atoms with Crippen LogP contribution in [-0.2, 0) is 10.2 Å². The van der Waals surface area contributed by atoms with Gasteiger partial charge in [0.15, 0.2) is 0 Å². The molecule has 3 heteroatoms. The van der Waals surface area contributed by atoms with Crippen molar-refractivity contribution in [2.24, 2.45) is 5.92 Å². The molecule has 0 radical (unpaired) electrons. The number of carbonyl (C=O) groups is 1. The first-order valence-corrected chi connectivity index (χ1v) is 6.23. The third-order valence-electron chi connectivity index (χ3n) is 4.15. The van der Waals surface area contributed by atoms with E-state index in [1.807, 2.05) is 24.3 Å². The van der Waals surface area contributed by atoms with Crippen LogP contribution >= 0.6 is 0 Å². The Bertz CT molecular complexity index is 451. The zero-order valence-electron chi connectivity index (χ0n) is 9.71. The van der Waals surface area contributed by atoms with Crippen molar-refractivity contribution in [1.29, 1.82) is 0 Å². The fourth-order valence-corrected chi connectivity index (χ4v) is 3.27. The Morgan fingerprint density at radius 3 is 2.88 bits per heavy atom. The number of nitrogens with one attached hydrogen (secondary N) is 1. The Balaban J connectivity index is 1.79. The SMILES string of the molecule is O=C1Nc2ccccc2C12CC(CCCF)C2. The molecular formula is C14H16FNO. The summed E-state index contributed by atoms with van der Waals surface area (Å²) in [6.45, 7) is -0.244. The van der Waals surface area contributed by atoms with E-state index < -0.39 is 0 Å². The van der Waals surface area contributed by atoms with E-state index in [4.69, 9.17) is 0 Å². The summed E-state index contributed by atoms with van der Waals surface area (Å²) in [6.07, 6.45) is 3.31. The molecule has 2 aliphatic rings. The van der Waals surface area contributed by atoms with Crippen LogP contribution in [0.15, 0.2) is 24.3 Å². The van der Waals surface area contributed by atoms with Crippen LogP contribution in [0.3, 0.4) is 0 Å². The highest BCUT2D eigenvalue weighted by Gasteiger charge is 2.54. The van der Waals surface area contributed by atoms with Crippen LogP contribution in [0.2, 0.25) is 0 Å². The molecule has 1 aromatic carbocycles. The number of benzene rings is 1. The van der Waals surface area contributed by atoms with Gasteiger partial charge in [-0.05, 0) is 43.2 Å². The molecule has 90 valence electrons. The monoisotopic (exact) mass is 233 g/mol. The Morgan fingerprint density at radius 2 is 2.12 bits per heavy atom. The molecular weight excluding hydrogens is 217 g/mol. The number of anilines is 1. The number of halogens is 1. The summed E-state index contributed by atoms with van der Waals surface area (Å²) in [4.78, 5) is 12.1. The third-order valence-corrected chi connectivity index (χ3v) is 4.15. The molecule has 3 rings (SSSR count). The summed E-state index contributed by atoms with van der Waals surface area (Å²) >= 11 is 0. The minimum atomic E-state index is -0.294. The third kappa shape index (κ3) is 1.48. The van der Waals surface area contributed by atoms with Crippen molar-refractivity contribution < 1.29 is 9.18 Å². The van der Waals surface area contributed by atoms with Crippen molar-refractivity contribution in [2.45, 2.75) is 31.1 Å². The molecule has 17 heavy (non-hydrogen) atoms. The lowest BCUT2D eigenvalue weighted by molar-refractivity contribution is -0.125. The molecule has 0 atom stereocenters. The molecule has 1 heterocycles. The standard InChI is InChI=1S/C14H16FNO/c15-7-3-4-10-8-14(9-10)11-5-1-2-6-12(11)16-13(14)17/h1-2,5-6,10H,3-4,7-9H2,(H,16,17). The smallest absolute Gasteiger partial charge is 0.235 e. The first kappa shape index (κ1) is 10.8. The van der Waals surface area contributed by atoms with Gasteiger partial charge in [-0.25, -0.2) is 0 Å². The summed E-state index contributed by atoms with van der Waals surface area (Å²) in [7, 11) is 0. The van der Waals surface area contributed by atoms with E-state index in [2.05, 4.69) is 5.32 Å². The van der Waals surface area contributed by atoms with Crippen LogP contribution in [-0.4, -0.2) is 12.6 Å². The van der Waals surface area contributed by atoms with Gasteiger partial charge in [-0.15, -0.1) is 0 Å².